The summed E-state index contributed by atoms with van der Waals surface area (Å²) in [6.07, 6.45) is 5.25. The van der Waals surface area contributed by atoms with E-state index in [1.165, 1.54) is 12.5 Å². The molecular weight excluding hydrogens is 368 g/mol. The number of Topliss-reactive ketones (excluding diaryl/α,β-unsaturated/α-hetero) is 1. The summed E-state index contributed by atoms with van der Waals surface area (Å²) in [7, 11) is 0. The quantitative estimate of drug-likeness (QED) is 0.814. The van der Waals surface area contributed by atoms with Gasteiger partial charge in [0.15, 0.2) is 0 Å². The van der Waals surface area contributed by atoms with Crippen LogP contribution in [0, 0.1) is 0 Å². The van der Waals surface area contributed by atoms with Gasteiger partial charge in [0.2, 0.25) is 0 Å². The molecule has 2 fully saturated rings. The fraction of sp³-hybridized carbons (Fsp3) is 0.682. The Hall–Kier alpha value is -2.15. The Morgan fingerprint density at radius 1 is 1.17 bits per heavy atom. The maximum Gasteiger partial charge on any atom is 0.320 e. The Kier molecular flexibility index (Phi) is 5.76. The molecule has 7 heteroatoms. The smallest absolute Gasteiger partial charge is 0.320 e. The molecule has 0 spiro atoms. The van der Waals surface area contributed by atoms with Crippen LogP contribution in [0.2, 0.25) is 0 Å². The van der Waals surface area contributed by atoms with E-state index in [1.807, 2.05) is 9.80 Å². The van der Waals surface area contributed by atoms with Gasteiger partial charge in [0, 0.05) is 50.8 Å². The van der Waals surface area contributed by atoms with E-state index in [1.54, 1.807) is 0 Å². The van der Waals surface area contributed by atoms with Crippen LogP contribution >= 0.6 is 0 Å². The second-order valence-electron chi connectivity index (χ2n) is 8.91. The lowest BCUT2D eigenvalue weighted by Gasteiger charge is -2.41. The van der Waals surface area contributed by atoms with Crippen molar-refractivity contribution in [3.63, 3.8) is 0 Å². The lowest BCUT2D eigenvalue weighted by molar-refractivity contribution is -0.123. The zero-order valence-corrected chi connectivity index (χ0v) is 17.3. The molecule has 158 valence electrons. The highest BCUT2D eigenvalue weighted by Gasteiger charge is 2.36. The first-order valence-electron chi connectivity index (χ1n) is 10.9. The molecule has 2 N–H and O–H groups in total. The van der Waals surface area contributed by atoms with Crippen molar-refractivity contribution in [2.75, 3.05) is 38.0 Å². The fourth-order valence-electron chi connectivity index (χ4n) is 4.89. The van der Waals surface area contributed by atoms with Gasteiger partial charge in [-0.15, -0.1) is 0 Å². The van der Waals surface area contributed by atoms with Crippen LogP contribution in [-0.2, 0) is 11.2 Å². The number of ketones is 1. The number of rotatable bonds is 3. The topological polar surface area (TPSA) is 85.8 Å². The Morgan fingerprint density at radius 2 is 1.86 bits per heavy atom. The molecule has 29 heavy (non-hydrogen) atoms. The average molecular weight is 401 g/mol. The van der Waals surface area contributed by atoms with Crippen LogP contribution in [0.25, 0.3) is 0 Å². The number of piperidine rings is 2. The number of aryl methyl sites for hydroxylation is 1. The number of pyridine rings is 1. The number of anilines is 1. The molecule has 0 radical (unpaired) electrons. The summed E-state index contributed by atoms with van der Waals surface area (Å²) in [6, 6.07) is 4.43. The number of nitrogens with zero attached hydrogens (tertiary/aromatic N) is 3. The number of carbonyl (C=O) groups excluding carboxylic acids is 2. The number of aromatic nitrogens is 1. The molecule has 2 saturated heterocycles. The third-order valence-corrected chi connectivity index (χ3v) is 6.64. The first-order valence-corrected chi connectivity index (χ1v) is 10.9. The highest BCUT2D eigenvalue weighted by atomic mass is 16.3. The monoisotopic (exact) mass is 400 g/mol. The lowest BCUT2D eigenvalue weighted by Crippen LogP contribution is -2.52. The molecule has 0 aliphatic carbocycles. The van der Waals surface area contributed by atoms with Crippen molar-refractivity contribution in [3.8, 4) is 0 Å². The standard InChI is InChI=1S/C22H32N4O3/c1-16(27)15-22(29)8-13-26(14-9-22)21(28)25-11-6-17(7-12-25)19-5-4-18-3-2-10-23-20(18)24-19/h4-5,17,29H,2-3,6-15H2,1H3,(H,23,24). The Bertz CT molecular complexity index is 765. The summed E-state index contributed by atoms with van der Waals surface area (Å²) in [5.41, 5.74) is 1.50. The zero-order valence-electron chi connectivity index (χ0n) is 17.3. The summed E-state index contributed by atoms with van der Waals surface area (Å²) in [4.78, 5) is 32.9. The van der Waals surface area contributed by atoms with E-state index in [4.69, 9.17) is 4.98 Å². The van der Waals surface area contributed by atoms with Crippen LogP contribution in [0.15, 0.2) is 12.1 Å². The molecule has 7 nitrogen and oxygen atoms in total. The third kappa shape index (κ3) is 4.55. The van der Waals surface area contributed by atoms with E-state index in [9.17, 15) is 14.7 Å². The molecule has 1 aromatic rings. The molecule has 0 unspecified atom stereocenters. The SMILES string of the molecule is CC(=O)CC1(O)CCN(C(=O)N2CCC(c3ccc4c(n3)NCCC4)CC2)CC1. The van der Waals surface area contributed by atoms with Crippen molar-refractivity contribution >= 4 is 17.6 Å². The number of hydrogen-bond donors (Lipinski definition) is 2. The van der Waals surface area contributed by atoms with Gasteiger partial charge in [-0.25, -0.2) is 9.78 Å². The minimum atomic E-state index is -0.943. The summed E-state index contributed by atoms with van der Waals surface area (Å²) in [5, 5.41) is 13.9. The van der Waals surface area contributed by atoms with E-state index in [2.05, 4.69) is 17.4 Å². The van der Waals surface area contributed by atoms with E-state index < -0.39 is 5.60 Å². The third-order valence-electron chi connectivity index (χ3n) is 6.64. The highest BCUT2D eigenvalue weighted by molar-refractivity contribution is 5.77. The van der Waals surface area contributed by atoms with Gasteiger partial charge in [-0.1, -0.05) is 6.07 Å². The molecule has 0 saturated carbocycles. The summed E-state index contributed by atoms with van der Waals surface area (Å²) in [6.45, 7) is 5.01. The van der Waals surface area contributed by atoms with Gasteiger partial charge in [-0.05, 0) is 57.1 Å². The van der Waals surface area contributed by atoms with Crippen molar-refractivity contribution in [1.82, 2.24) is 14.8 Å². The Morgan fingerprint density at radius 3 is 2.55 bits per heavy atom. The van der Waals surface area contributed by atoms with Gasteiger partial charge < -0.3 is 20.2 Å². The van der Waals surface area contributed by atoms with Crippen LogP contribution in [0.4, 0.5) is 10.6 Å². The van der Waals surface area contributed by atoms with Crippen molar-refractivity contribution in [1.29, 1.82) is 0 Å². The fourth-order valence-corrected chi connectivity index (χ4v) is 4.89. The number of nitrogens with one attached hydrogen (secondary N) is 1. The first kappa shape index (κ1) is 20.1. The molecular formula is C22H32N4O3. The highest BCUT2D eigenvalue weighted by Crippen LogP contribution is 2.31. The van der Waals surface area contributed by atoms with Gasteiger partial charge in [-0.3, -0.25) is 4.79 Å². The van der Waals surface area contributed by atoms with E-state index in [0.29, 0.717) is 31.8 Å². The number of urea groups is 1. The number of amides is 2. The molecule has 4 rings (SSSR count). The normalized spacial score (nSPS) is 22.0. The number of likely N-dealkylation sites (tertiary alicyclic amines) is 2. The number of aliphatic hydroxyl groups is 1. The minimum Gasteiger partial charge on any atom is -0.389 e. The van der Waals surface area contributed by atoms with Crippen molar-refractivity contribution in [2.45, 2.75) is 63.4 Å². The molecule has 1 aromatic heterocycles. The van der Waals surface area contributed by atoms with E-state index in [0.717, 1.165) is 56.8 Å². The lowest BCUT2D eigenvalue weighted by atomic mass is 9.87. The van der Waals surface area contributed by atoms with Gasteiger partial charge in [0.05, 0.1) is 5.60 Å². The number of hydrogen-bond acceptors (Lipinski definition) is 5. The van der Waals surface area contributed by atoms with Crippen molar-refractivity contribution in [3.05, 3.63) is 23.4 Å². The molecule has 3 aliphatic heterocycles. The largest absolute Gasteiger partial charge is 0.389 e. The van der Waals surface area contributed by atoms with E-state index >= 15 is 0 Å². The van der Waals surface area contributed by atoms with Crippen LogP contribution in [-0.4, -0.2) is 70.0 Å². The van der Waals surface area contributed by atoms with Gasteiger partial charge in [0.25, 0.3) is 0 Å². The predicted octanol–water partition coefficient (Wildman–Crippen LogP) is 2.55. The summed E-state index contributed by atoms with van der Waals surface area (Å²) in [5.74, 6) is 1.44. The Balaban J connectivity index is 1.30. The molecule has 0 aromatic carbocycles. The molecule has 0 bridgehead atoms. The van der Waals surface area contributed by atoms with Crippen LogP contribution in [0.3, 0.4) is 0 Å². The first-order chi connectivity index (χ1) is 13.9. The van der Waals surface area contributed by atoms with Crippen LogP contribution < -0.4 is 5.32 Å². The number of carbonyl (C=O) groups is 2. The van der Waals surface area contributed by atoms with Crippen LogP contribution in [0.1, 0.15) is 62.6 Å². The van der Waals surface area contributed by atoms with E-state index in [-0.39, 0.29) is 18.2 Å². The Labute approximate surface area is 172 Å². The zero-order chi connectivity index (χ0) is 20.4. The average Bonchev–Trinajstić information content (AvgIpc) is 2.73. The number of fused-ring (bicyclic) bond motifs is 1. The van der Waals surface area contributed by atoms with Crippen molar-refractivity contribution < 1.29 is 14.7 Å². The molecule has 0 atom stereocenters. The molecule has 3 aliphatic rings. The van der Waals surface area contributed by atoms with Crippen LogP contribution in [0.5, 0.6) is 0 Å². The van der Waals surface area contributed by atoms with Gasteiger partial charge >= 0.3 is 6.03 Å². The van der Waals surface area contributed by atoms with Gasteiger partial charge in [0.1, 0.15) is 11.6 Å². The second kappa shape index (κ2) is 8.30. The second-order valence-corrected chi connectivity index (χ2v) is 8.91. The van der Waals surface area contributed by atoms with Gasteiger partial charge in [-0.2, -0.15) is 0 Å². The maximum atomic E-state index is 12.9. The summed E-state index contributed by atoms with van der Waals surface area (Å²) < 4.78 is 0. The van der Waals surface area contributed by atoms with Crippen molar-refractivity contribution in [2.24, 2.45) is 0 Å². The molecule has 2 amide bonds. The summed E-state index contributed by atoms with van der Waals surface area (Å²) >= 11 is 0. The minimum absolute atomic E-state index is 0.000311. The maximum absolute atomic E-state index is 12.9. The molecule has 4 heterocycles. The predicted molar refractivity (Wildman–Crippen MR) is 111 cm³/mol.